The van der Waals surface area contributed by atoms with E-state index in [0.29, 0.717) is 6.54 Å². The van der Waals surface area contributed by atoms with Crippen LogP contribution in [0.2, 0.25) is 0 Å². The van der Waals surface area contributed by atoms with E-state index in [1.807, 2.05) is 25.1 Å². The highest BCUT2D eigenvalue weighted by Gasteiger charge is 2.04. The Hall–Kier alpha value is -1.75. The quantitative estimate of drug-likeness (QED) is 0.684. The highest BCUT2D eigenvalue weighted by atomic mass is 16.5. The maximum absolute atomic E-state index is 5.69. The second-order valence-electron chi connectivity index (χ2n) is 3.79. The summed E-state index contributed by atoms with van der Waals surface area (Å²) in [5.74, 6) is 0.740. The maximum Gasteiger partial charge on any atom is 0.201 e. The zero-order valence-electron chi connectivity index (χ0n) is 9.45. The molecule has 5 heteroatoms. The van der Waals surface area contributed by atoms with Crippen molar-refractivity contribution in [1.82, 2.24) is 9.97 Å². The molecular weight excluding hydrogens is 204 g/mol. The molecule has 0 aliphatic carbocycles. The molecule has 4 N–H and O–H groups in total. The van der Waals surface area contributed by atoms with Gasteiger partial charge in [0.1, 0.15) is 0 Å². The van der Waals surface area contributed by atoms with Crippen LogP contribution in [0, 0.1) is 0 Å². The number of hydrogen-bond donors (Lipinski definition) is 3. The number of ether oxygens (including phenoxy) is 1. The number of fused-ring (bicyclic) bond motifs is 1. The lowest BCUT2D eigenvalue weighted by molar-refractivity contribution is 0.128. The highest BCUT2D eigenvalue weighted by molar-refractivity contribution is 5.80. The fraction of sp³-hybridized carbons (Fsp3) is 0.364. The van der Waals surface area contributed by atoms with Gasteiger partial charge in [-0.2, -0.15) is 0 Å². The molecule has 0 aliphatic rings. The molecule has 16 heavy (non-hydrogen) atoms. The lowest BCUT2D eigenvalue weighted by atomic mass is 10.3. The van der Waals surface area contributed by atoms with E-state index in [1.165, 1.54) is 0 Å². The topological polar surface area (TPSA) is 76.0 Å². The molecule has 0 radical (unpaired) electrons. The first kappa shape index (κ1) is 10.8. The van der Waals surface area contributed by atoms with Crippen molar-refractivity contribution in [1.29, 1.82) is 0 Å². The van der Waals surface area contributed by atoms with Gasteiger partial charge in [-0.3, -0.25) is 0 Å². The van der Waals surface area contributed by atoms with Gasteiger partial charge in [0, 0.05) is 19.3 Å². The zero-order valence-corrected chi connectivity index (χ0v) is 9.45. The van der Waals surface area contributed by atoms with Gasteiger partial charge in [0.25, 0.3) is 0 Å². The van der Waals surface area contributed by atoms with Crippen molar-refractivity contribution >= 4 is 22.7 Å². The summed E-state index contributed by atoms with van der Waals surface area (Å²) in [4.78, 5) is 7.54. The third kappa shape index (κ3) is 2.25. The molecule has 1 atom stereocenters. The van der Waals surface area contributed by atoms with Crippen molar-refractivity contribution in [3.8, 4) is 0 Å². The summed E-state index contributed by atoms with van der Waals surface area (Å²) in [7, 11) is 1.69. The van der Waals surface area contributed by atoms with Crippen molar-refractivity contribution in [3.05, 3.63) is 18.2 Å². The van der Waals surface area contributed by atoms with E-state index in [2.05, 4.69) is 15.3 Å². The van der Waals surface area contributed by atoms with E-state index in [1.54, 1.807) is 7.11 Å². The number of hydrogen-bond acceptors (Lipinski definition) is 4. The van der Waals surface area contributed by atoms with Gasteiger partial charge in [0.15, 0.2) is 0 Å². The van der Waals surface area contributed by atoms with Crippen molar-refractivity contribution in [2.24, 2.45) is 0 Å². The SMILES string of the molecule is COC(C)CNc1nc2ccc(N)cc2[nH]1. The largest absolute Gasteiger partial charge is 0.399 e. The summed E-state index contributed by atoms with van der Waals surface area (Å²) in [6, 6.07) is 5.60. The fourth-order valence-corrected chi connectivity index (χ4v) is 1.43. The van der Waals surface area contributed by atoms with Gasteiger partial charge < -0.3 is 20.8 Å². The number of methoxy groups -OCH3 is 1. The minimum atomic E-state index is 0.151. The molecule has 0 fully saturated rings. The number of imidazole rings is 1. The molecule has 0 amide bonds. The van der Waals surface area contributed by atoms with Crippen molar-refractivity contribution in [2.75, 3.05) is 24.7 Å². The van der Waals surface area contributed by atoms with Gasteiger partial charge in [-0.25, -0.2) is 4.98 Å². The molecule has 2 rings (SSSR count). The van der Waals surface area contributed by atoms with Crippen molar-refractivity contribution in [2.45, 2.75) is 13.0 Å². The number of anilines is 2. The van der Waals surface area contributed by atoms with Gasteiger partial charge in [-0.05, 0) is 25.1 Å². The summed E-state index contributed by atoms with van der Waals surface area (Å²) >= 11 is 0. The van der Waals surface area contributed by atoms with Crippen LogP contribution in [0.1, 0.15) is 6.92 Å². The van der Waals surface area contributed by atoms with Crippen LogP contribution >= 0.6 is 0 Å². The van der Waals surface area contributed by atoms with Crippen LogP contribution in [-0.4, -0.2) is 29.7 Å². The van der Waals surface area contributed by atoms with E-state index in [0.717, 1.165) is 22.7 Å². The van der Waals surface area contributed by atoms with Crippen LogP contribution in [0.5, 0.6) is 0 Å². The molecule has 0 aliphatic heterocycles. The lowest BCUT2D eigenvalue weighted by Gasteiger charge is -2.09. The average molecular weight is 220 g/mol. The third-order valence-electron chi connectivity index (χ3n) is 2.47. The van der Waals surface area contributed by atoms with Crippen LogP contribution in [0.3, 0.4) is 0 Å². The van der Waals surface area contributed by atoms with E-state index in [-0.39, 0.29) is 6.10 Å². The number of rotatable bonds is 4. The molecule has 1 unspecified atom stereocenters. The number of nitrogen functional groups attached to an aromatic ring is 1. The Kier molecular flexibility index (Phi) is 2.96. The Labute approximate surface area is 94.0 Å². The molecule has 5 nitrogen and oxygen atoms in total. The van der Waals surface area contributed by atoms with Gasteiger partial charge in [0.2, 0.25) is 5.95 Å². The first-order valence-electron chi connectivity index (χ1n) is 5.21. The number of nitrogens with one attached hydrogen (secondary N) is 2. The number of nitrogens with zero attached hydrogens (tertiary/aromatic N) is 1. The molecule has 1 aromatic heterocycles. The number of nitrogens with two attached hydrogens (primary N) is 1. The number of benzene rings is 1. The summed E-state index contributed by atoms with van der Waals surface area (Å²) in [5.41, 5.74) is 8.26. The first-order chi connectivity index (χ1) is 7.69. The first-order valence-corrected chi connectivity index (χ1v) is 5.21. The maximum atomic E-state index is 5.69. The van der Waals surface area contributed by atoms with Gasteiger partial charge >= 0.3 is 0 Å². The summed E-state index contributed by atoms with van der Waals surface area (Å²) < 4.78 is 5.14. The van der Waals surface area contributed by atoms with E-state index < -0.39 is 0 Å². The smallest absolute Gasteiger partial charge is 0.201 e. The Morgan fingerprint density at radius 2 is 2.38 bits per heavy atom. The highest BCUT2D eigenvalue weighted by Crippen LogP contribution is 2.16. The summed E-state index contributed by atoms with van der Waals surface area (Å²) in [5, 5.41) is 3.17. The molecule has 0 saturated carbocycles. The minimum Gasteiger partial charge on any atom is -0.399 e. The predicted molar refractivity (Wildman–Crippen MR) is 65.5 cm³/mol. The van der Waals surface area contributed by atoms with E-state index in [4.69, 9.17) is 10.5 Å². The minimum absolute atomic E-state index is 0.151. The molecule has 2 aromatic rings. The van der Waals surface area contributed by atoms with Gasteiger partial charge in [0.05, 0.1) is 17.1 Å². The van der Waals surface area contributed by atoms with Crippen LogP contribution in [0.25, 0.3) is 11.0 Å². The summed E-state index contributed by atoms with van der Waals surface area (Å²) in [6.45, 7) is 2.71. The lowest BCUT2D eigenvalue weighted by Crippen LogP contribution is -2.18. The Morgan fingerprint density at radius 3 is 3.12 bits per heavy atom. The monoisotopic (exact) mass is 220 g/mol. The molecule has 1 heterocycles. The molecular formula is C11H16N4O. The molecule has 0 saturated heterocycles. The van der Waals surface area contributed by atoms with Crippen LogP contribution in [0.4, 0.5) is 11.6 Å². The molecule has 86 valence electrons. The fourth-order valence-electron chi connectivity index (χ4n) is 1.43. The number of aromatic amines is 1. The van der Waals surface area contributed by atoms with Crippen molar-refractivity contribution in [3.63, 3.8) is 0 Å². The molecule has 1 aromatic carbocycles. The normalized spacial score (nSPS) is 12.9. The van der Waals surface area contributed by atoms with Crippen LogP contribution in [-0.2, 0) is 4.74 Å². The van der Waals surface area contributed by atoms with Crippen LogP contribution < -0.4 is 11.1 Å². The van der Waals surface area contributed by atoms with Gasteiger partial charge in [-0.15, -0.1) is 0 Å². The van der Waals surface area contributed by atoms with Crippen molar-refractivity contribution < 1.29 is 4.74 Å². The Bertz CT molecular complexity index is 480. The second kappa shape index (κ2) is 4.40. The molecule has 0 bridgehead atoms. The summed E-state index contributed by atoms with van der Waals surface area (Å²) in [6.07, 6.45) is 0.151. The number of H-pyrrole nitrogens is 1. The second-order valence-corrected chi connectivity index (χ2v) is 3.79. The van der Waals surface area contributed by atoms with E-state index in [9.17, 15) is 0 Å². The molecule has 0 spiro atoms. The number of aromatic nitrogens is 2. The van der Waals surface area contributed by atoms with Crippen LogP contribution in [0.15, 0.2) is 18.2 Å². The zero-order chi connectivity index (χ0) is 11.5. The third-order valence-corrected chi connectivity index (χ3v) is 2.47. The Morgan fingerprint density at radius 1 is 1.56 bits per heavy atom. The standard InChI is InChI=1S/C11H16N4O/c1-7(16-2)6-13-11-14-9-4-3-8(12)5-10(9)15-11/h3-5,7H,6,12H2,1-2H3,(H2,13,14,15). The average Bonchev–Trinajstić information content (AvgIpc) is 2.67. The predicted octanol–water partition coefficient (Wildman–Crippen LogP) is 1.59. The Balaban J connectivity index is 2.13. The van der Waals surface area contributed by atoms with E-state index >= 15 is 0 Å². The van der Waals surface area contributed by atoms with Gasteiger partial charge in [-0.1, -0.05) is 0 Å².